The number of aliphatic carboxylic acids is 1. The van der Waals surface area contributed by atoms with Gasteiger partial charge in [0.05, 0.1) is 0 Å². The fourth-order valence-corrected chi connectivity index (χ4v) is 2.34. The summed E-state index contributed by atoms with van der Waals surface area (Å²) >= 11 is 0. The van der Waals surface area contributed by atoms with Crippen LogP contribution in [0.3, 0.4) is 0 Å². The highest BCUT2D eigenvalue weighted by Gasteiger charge is 2.21. The standard InChI is InChI=1S/C13H21NO3/c1-2-8-14(10-13(16)17)12(15)9-11-6-4-3-5-7-11/h2,11H,1,3-10H2,(H,16,17). The molecule has 1 fully saturated rings. The minimum atomic E-state index is -0.969. The summed E-state index contributed by atoms with van der Waals surface area (Å²) in [7, 11) is 0. The first-order valence-electron chi connectivity index (χ1n) is 6.24. The third-order valence-corrected chi connectivity index (χ3v) is 3.22. The average Bonchev–Trinajstić information content (AvgIpc) is 2.29. The van der Waals surface area contributed by atoms with Gasteiger partial charge in [0, 0.05) is 13.0 Å². The lowest BCUT2D eigenvalue weighted by atomic mass is 9.86. The van der Waals surface area contributed by atoms with Crippen LogP contribution in [0.4, 0.5) is 0 Å². The Bertz CT molecular complexity index is 282. The predicted octanol–water partition coefficient (Wildman–Crippen LogP) is 2.06. The van der Waals surface area contributed by atoms with Gasteiger partial charge in [0.1, 0.15) is 6.54 Å². The van der Waals surface area contributed by atoms with Gasteiger partial charge >= 0.3 is 5.97 Å². The van der Waals surface area contributed by atoms with Crippen molar-refractivity contribution >= 4 is 11.9 Å². The van der Waals surface area contributed by atoms with Gasteiger partial charge in [0.2, 0.25) is 5.91 Å². The maximum atomic E-state index is 12.0. The lowest BCUT2D eigenvalue weighted by Gasteiger charge is -2.25. The molecular weight excluding hydrogens is 218 g/mol. The minimum absolute atomic E-state index is 0.0563. The lowest BCUT2D eigenvalue weighted by molar-refractivity contribution is -0.144. The van der Waals surface area contributed by atoms with Crippen molar-refractivity contribution < 1.29 is 14.7 Å². The molecule has 1 N–H and O–H groups in total. The molecule has 1 saturated carbocycles. The zero-order chi connectivity index (χ0) is 12.7. The van der Waals surface area contributed by atoms with Crippen molar-refractivity contribution in [2.45, 2.75) is 38.5 Å². The third kappa shape index (κ3) is 5.02. The number of carbonyl (C=O) groups excluding carboxylic acids is 1. The van der Waals surface area contributed by atoms with Crippen LogP contribution in [0.2, 0.25) is 0 Å². The van der Waals surface area contributed by atoms with Gasteiger partial charge < -0.3 is 10.0 Å². The molecule has 0 heterocycles. The van der Waals surface area contributed by atoms with Crippen molar-refractivity contribution in [2.24, 2.45) is 5.92 Å². The Morgan fingerprint density at radius 2 is 1.94 bits per heavy atom. The summed E-state index contributed by atoms with van der Waals surface area (Å²) in [6.07, 6.45) is 7.90. The first-order chi connectivity index (χ1) is 8.13. The largest absolute Gasteiger partial charge is 0.480 e. The first kappa shape index (κ1) is 13.7. The quantitative estimate of drug-likeness (QED) is 0.722. The van der Waals surface area contributed by atoms with E-state index in [1.807, 2.05) is 0 Å². The smallest absolute Gasteiger partial charge is 0.323 e. The second-order valence-corrected chi connectivity index (χ2v) is 4.66. The molecule has 1 aliphatic carbocycles. The van der Waals surface area contributed by atoms with Crippen LogP contribution in [0.1, 0.15) is 38.5 Å². The topological polar surface area (TPSA) is 57.6 Å². The maximum Gasteiger partial charge on any atom is 0.323 e. The van der Waals surface area contributed by atoms with Gasteiger partial charge in [0.25, 0.3) is 0 Å². The fraction of sp³-hybridized carbons (Fsp3) is 0.692. The molecule has 0 aliphatic heterocycles. The van der Waals surface area contributed by atoms with E-state index in [0.29, 0.717) is 18.9 Å². The normalized spacial score (nSPS) is 16.5. The van der Waals surface area contributed by atoms with Crippen LogP contribution >= 0.6 is 0 Å². The fourth-order valence-electron chi connectivity index (χ4n) is 2.34. The molecule has 1 aliphatic rings. The third-order valence-electron chi connectivity index (χ3n) is 3.22. The number of rotatable bonds is 6. The van der Waals surface area contributed by atoms with E-state index in [2.05, 4.69) is 6.58 Å². The van der Waals surface area contributed by atoms with Crippen molar-refractivity contribution in [3.63, 3.8) is 0 Å². The second kappa shape index (κ2) is 7.09. The van der Waals surface area contributed by atoms with Crippen molar-refractivity contribution in [3.8, 4) is 0 Å². The summed E-state index contributed by atoms with van der Waals surface area (Å²) in [5.41, 5.74) is 0. The SMILES string of the molecule is C=CCN(CC(=O)O)C(=O)CC1CCCCC1. The number of carbonyl (C=O) groups is 2. The molecule has 17 heavy (non-hydrogen) atoms. The molecule has 4 nitrogen and oxygen atoms in total. The second-order valence-electron chi connectivity index (χ2n) is 4.66. The molecule has 1 amide bonds. The van der Waals surface area contributed by atoms with Gasteiger partial charge in [-0.05, 0) is 18.8 Å². The zero-order valence-corrected chi connectivity index (χ0v) is 10.2. The number of amides is 1. The first-order valence-corrected chi connectivity index (χ1v) is 6.24. The van der Waals surface area contributed by atoms with E-state index in [0.717, 1.165) is 12.8 Å². The Morgan fingerprint density at radius 3 is 2.47 bits per heavy atom. The van der Waals surface area contributed by atoms with E-state index in [9.17, 15) is 9.59 Å². The number of hydrogen-bond donors (Lipinski definition) is 1. The van der Waals surface area contributed by atoms with E-state index in [1.165, 1.54) is 24.2 Å². The molecule has 0 spiro atoms. The van der Waals surface area contributed by atoms with Gasteiger partial charge in [-0.15, -0.1) is 6.58 Å². The molecule has 0 atom stereocenters. The minimum Gasteiger partial charge on any atom is -0.480 e. The van der Waals surface area contributed by atoms with E-state index >= 15 is 0 Å². The summed E-state index contributed by atoms with van der Waals surface area (Å²) in [5.74, 6) is -0.583. The van der Waals surface area contributed by atoms with E-state index in [-0.39, 0.29) is 12.5 Å². The van der Waals surface area contributed by atoms with Crippen LogP contribution in [0.25, 0.3) is 0 Å². The Hall–Kier alpha value is -1.32. The van der Waals surface area contributed by atoms with Crippen LogP contribution in [0.5, 0.6) is 0 Å². The average molecular weight is 239 g/mol. The van der Waals surface area contributed by atoms with Crippen LogP contribution in [-0.2, 0) is 9.59 Å². The monoisotopic (exact) mass is 239 g/mol. The molecule has 0 unspecified atom stereocenters. The van der Waals surface area contributed by atoms with Gasteiger partial charge in [-0.3, -0.25) is 9.59 Å². The molecule has 0 saturated heterocycles. The van der Waals surface area contributed by atoms with E-state index in [4.69, 9.17) is 5.11 Å². The highest BCUT2D eigenvalue weighted by Crippen LogP contribution is 2.26. The van der Waals surface area contributed by atoms with Crippen LogP contribution in [0.15, 0.2) is 12.7 Å². The molecular formula is C13H21NO3. The maximum absolute atomic E-state index is 12.0. The van der Waals surface area contributed by atoms with Gasteiger partial charge in [-0.25, -0.2) is 0 Å². The summed E-state index contributed by atoms with van der Waals surface area (Å²) in [6, 6.07) is 0. The Kier molecular flexibility index (Phi) is 5.73. The summed E-state index contributed by atoms with van der Waals surface area (Å²) in [5, 5.41) is 8.74. The Balaban J connectivity index is 2.45. The Morgan fingerprint density at radius 1 is 1.29 bits per heavy atom. The highest BCUT2D eigenvalue weighted by molar-refractivity contribution is 5.81. The molecule has 4 heteroatoms. The van der Waals surface area contributed by atoms with Gasteiger partial charge in [-0.1, -0.05) is 25.3 Å². The lowest BCUT2D eigenvalue weighted by Crippen LogP contribution is -2.36. The summed E-state index contributed by atoms with van der Waals surface area (Å²) in [4.78, 5) is 24.0. The van der Waals surface area contributed by atoms with E-state index in [1.54, 1.807) is 6.08 Å². The van der Waals surface area contributed by atoms with Crippen molar-refractivity contribution in [1.29, 1.82) is 0 Å². The molecule has 0 radical (unpaired) electrons. The molecule has 0 aromatic heterocycles. The van der Waals surface area contributed by atoms with Gasteiger partial charge in [0.15, 0.2) is 0 Å². The molecule has 0 aromatic carbocycles. The predicted molar refractivity (Wildman–Crippen MR) is 65.6 cm³/mol. The van der Waals surface area contributed by atoms with Crippen LogP contribution in [0, 0.1) is 5.92 Å². The molecule has 0 aromatic rings. The number of hydrogen-bond acceptors (Lipinski definition) is 2. The van der Waals surface area contributed by atoms with Gasteiger partial charge in [-0.2, -0.15) is 0 Å². The highest BCUT2D eigenvalue weighted by atomic mass is 16.4. The van der Waals surface area contributed by atoms with Crippen LogP contribution in [-0.4, -0.2) is 35.0 Å². The van der Waals surface area contributed by atoms with Crippen molar-refractivity contribution in [3.05, 3.63) is 12.7 Å². The number of carboxylic acid groups (broad SMARTS) is 1. The molecule has 1 rings (SSSR count). The van der Waals surface area contributed by atoms with Crippen molar-refractivity contribution in [1.82, 2.24) is 4.90 Å². The van der Waals surface area contributed by atoms with Crippen molar-refractivity contribution in [2.75, 3.05) is 13.1 Å². The number of carboxylic acids is 1. The van der Waals surface area contributed by atoms with Crippen LogP contribution < -0.4 is 0 Å². The summed E-state index contributed by atoms with van der Waals surface area (Å²) < 4.78 is 0. The molecule has 96 valence electrons. The number of nitrogens with zero attached hydrogens (tertiary/aromatic N) is 1. The van der Waals surface area contributed by atoms with E-state index < -0.39 is 5.97 Å². The summed E-state index contributed by atoms with van der Waals surface area (Å²) in [6.45, 7) is 3.64. The molecule has 0 bridgehead atoms. The Labute approximate surface area is 102 Å². The zero-order valence-electron chi connectivity index (χ0n) is 10.2.